The second kappa shape index (κ2) is 4.52. The van der Waals surface area contributed by atoms with E-state index in [1.165, 1.54) is 4.90 Å². The van der Waals surface area contributed by atoms with Gasteiger partial charge in [-0.1, -0.05) is 0 Å². The number of likely N-dealkylation sites (N-methyl/N-ethyl adjacent to an activating group) is 1. The summed E-state index contributed by atoms with van der Waals surface area (Å²) in [5.41, 5.74) is -0.888. The van der Waals surface area contributed by atoms with Gasteiger partial charge in [-0.05, 0) is 26.2 Å². The molecule has 1 saturated carbocycles. The first-order valence-electron chi connectivity index (χ1n) is 5.36. The molecule has 0 aliphatic heterocycles. The van der Waals surface area contributed by atoms with Gasteiger partial charge in [-0.15, -0.1) is 0 Å². The van der Waals surface area contributed by atoms with Crippen LogP contribution in [0.25, 0.3) is 0 Å². The molecule has 1 rings (SSSR count). The Morgan fingerprint density at radius 1 is 1.44 bits per heavy atom. The topological polar surface area (TPSA) is 73.2 Å². The molecule has 5 nitrogen and oxygen atoms in total. The van der Waals surface area contributed by atoms with Gasteiger partial charge in [0.1, 0.15) is 11.5 Å². The Morgan fingerprint density at radius 2 is 2.00 bits per heavy atom. The van der Waals surface area contributed by atoms with Crippen molar-refractivity contribution in [2.45, 2.75) is 32.2 Å². The van der Waals surface area contributed by atoms with E-state index in [1.54, 1.807) is 21.0 Å². The maximum atomic E-state index is 11.8. The molecule has 1 fully saturated rings. The van der Waals surface area contributed by atoms with Crippen LogP contribution in [-0.4, -0.2) is 36.9 Å². The maximum Gasteiger partial charge on any atom is 0.244 e. The lowest BCUT2D eigenvalue weighted by Crippen LogP contribution is -2.51. The minimum absolute atomic E-state index is 0.166. The van der Waals surface area contributed by atoms with Crippen LogP contribution >= 0.6 is 0 Å². The molecule has 0 aromatic carbocycles. The second-order valence-corrected chi connectivity index (χ2v) is 4.48. The number of hydrogen-bond donors (Lipinski definition) is 1. The Bertz CT molecular complexity index is 340. The minimum Gasteiger partial charge on any atom is -0.347 e. The predicted octanol–water partition coefficient (Wildman–Crippen LogP) is 0.273. The van der Waals surface area contributed by atoms with Gasteiger partial charge in [0.25, 0.3) is 0 Å². The van der Waals surface area contributed by atoms with Crippen LogP contribution in [0.2, 0.25) is 0 Å². The summed E-state index contributed by atoms with van der Waals surface area (Å²) in [5, 5.41) is 11.6. The summed E-state index contributed by atoms with van der Waals surface area (Å²) in [6, 6.07) is 1.48. The van der Waals surface area contributed by atoms with E-state index in [-0.39, 0.29) is 11.8 Å². The molecule has 1 N–H and O–H groups in total. The van der Waals surface area contributed by atoms with Crippen molar-refractivity contribution in [1.29, 1.82) is 5.26 Å². The number of hydrogen-bond acceptors (Lipinski definition) is 3. The highest BCUT2D eigenvalue weighted by molar-refractivity contribution is 5.91. The Labute approximate surface area is 95.4 Å². The van der Waals surface area contributed by atoms with Crippen molar-refractivity contribution < 1.29 is 9.59 Å². The van der Waals surface area contributed by atoms with Crippen LogP contribution in [0.3, 0.4) is 0 Å². The Kier molecular flexibility index (Phi) is 3.53. The smallest absolute Gasteiger partial charge is 0.244 e. The van der Waals surface area contributed by atoms with E-state index < -0.39 is 11.5 Å². The molecule has 88 valence electrons. The number of nitrogens with one attached hydrogen (secondary N) is 1. The summed E-state index contributed by atoms with van der Waals surface area (Å²) in [6.07, 6.45) is 2.09. The van der Waals surface area contributed by atoms with E-state index >= 15 is 0 Å². The molecule has 0 saturated heterocycles. The highest BCUT2D eigenvalue weighted by atomic mass is 16.2. The van der Waals surface area contributed by atoms with Gasteiger partial charge in [0.15, 0.2) is 0 Å². The van der Waals surface area contributed by atoms with E-state index in [0.29, 0.717) is 12.8 Å². The van der Waals surface area contributed by atoms with Crippen molar-refractivity contribution in [3.8, 4) is 6.07 Å². The molecule has 0 bridgehead atoms. The zero-order valence-electron chi connectivity index (χ0n) is 9.91. The van der Waals surface area contributed by atoms with Crippen LogP contribution in [0.15, 0.2) is 0 Å². The maximum absolute atomic E-state index is 11.8. The molecule has 0 heterocycles. The SMILES string of the molecule is CC(NC(=O)C1(C#N)CCC1)C(=O)N(C)C. The largest absolute Gasteiger partial charge is 0.347 e. The van der Waals surface area contributed by atoms with Gasteiger partial charge in [-0.2, -0.15) is 5.26 Å². The molecule has 1 unspecified atom stereocenters. The van der Waals surface area contributed by atoms with Crippen molar-refractivity contribution >= 4 is 11.8 Å². The summed E-state index contributed by atoms with van der Waals surface area (Å²) in [4.78, 5) is 24.8. The molecule has 1 aliphatic carbocycles. The molecular weight excluding hydrogens is 206 g/mol. The van der Waals surface area contributed by atoms with Gasteiger partial charge < -0.3 is 10.2 Å². The van der Waals surface area contributed by atoms with Gasteiger partial charge in [0, 0.05) is 14.1 Å². The van der Waals surface area contributed by atoms with Gasteiger partial charge in [-0.3, -0.25) is 9.59 Å². The van der Waals surface area contributed by atoms with Crippen LogP contribution < -0.4 is 5.32 Å². The number of nitrogens with zero attached hydrogens (tertiary/aromatic N) is 2. The first-order chi connectivity index (χ1) is 7.43. The standard InChI is InChI=1S/C11H17N3O2/c1-8(9(15)14(2)3)13-10(16)11(7-12)5-4-6-11/h8H,4-6H2,1-3H3,(H,13,16). The number of carbonyl (C=O) groups is 2. The molecule has 1 atom stereocenters. The van der Waals surface area contributed by atoms with E-state index in [9.17, 15) is 9.59 Å². The molecule has 0 radical (unpaired) electrons. The van der Waals surface area contributed by atoms with Gasteiger partial charge in [0.05, 0.1) is 6.07 Å². The van der Waals surface area contributed by atoms with E-state index in [1.807, 2.05) is 0 Å². The third-order valence-electron chi connectivity index (χ3n) is 3.01. The average Bonchev–Trinajstić information content (AvgIpc) is 2.15. The molecule has 16 heavy (non-hydrogen) atoms. The third-order valence-corrected chi connectivity index (χ3v) is 3.01. The number of rotatable bonds is 3. The van der Waals surface area contributed by atoms with Gasteiger partial charge >= 0.3 is 0 Å². The monoisotopic (exact) mass is 223 g/mol. The molecular formula is C11H17N3O2. The molecule has 0 spiro atoms. The van der Waals surface area contributed by atoms with Crippen molar-refractivity contribution in [2.24, 2.45) is 5.41 Å². The lowest BCUT2D eigenvalue weighted by Gasteiger charge is -2.34. The lowest BCUT2D eigenvalue weighted by molar-refractivity contribution is -0.138. The Hall–Kier alpha value is -1.57. The normalized spacial score (nSPS) is 18.9. The summed E-state index contributed by atoms with van der Waals surface area (Å²) >= 11 is 0. The van der Waals surface area contributed by atoms with Crippen molar-refractivity contribution in [3.63, 3.8) is 0 Å². The summed E-state index contributed by atoms with van der Waals surface area (Å²) in [5.74, 6) is -0.482. The first kappa shape index (κ1) is 12.5. The fourth-order valence-corrected chi connectivity index (χ4v) is 1.70. The number of nitriles is 1. The predicted molar refractivity (Wildman–Crippen MR) is 58.2 cm³/mol. The highest BCUT2D eigenvalue weighted by Crippen LogP contribution is 2.40. The first-order valence-corrected chi connectivity index (χ1v) is 5.36. The van der Waals surface area contributed by atoms with Crippen LogP contribution in [0.1, 0.15) is 26.2 Å². The van der Waals surface area contributed by atoms with Crippen LogP contribution in [0, 0.1) is 16.7 Å². The average molecular weight is 223 g/mol. The van der Waals surface area contributed by atoms with Crippen molar-refractivity contribution in [3.05, 3.63) is 0 Å². The van der Waals surface area contributed by atoms with Gasteiger partial charge in [0.2, 0.25) is 11.8 Å². The van der Waals surface area contributed by atoms with E-state index in [4.69, 9.17) is 5.26 Å². The molecule has 0 aromatic heterocycles. The quantitative estimate of drug-likeness (QED) is 0.746. The Balaban J connectivity index is 2.58. The lowest BCUT2D eigenvalue weighted by atomic mass is 9.69. The number of carbonyl (C=O) groups excluding carboxylic acids is 2. The fourth-order valence-electron chi connectivity index (χ4n) is 1.70. The van der Waals surface area contributed by atoms with Gasteiger partial charge in [-0.25, -0.2) is 0 Å². The molecule has 5 heteroatoms. The van der Waals surface area contributed by atoms with Crippen molar-refractivity contribution in [1.82, 2.24) is 10.2 Å². The van der Waals surface area contributed by atoms with Crippen LogP contribution in [0.5, 0.6) is 0 Å². The highest BCUT2D eigenvalue weighted by Gasteiger charge is 2.45. The molecule has 1 aliphatic rings. The molecule has 0 aromatic rings. The summed E-state index contributed by atoms with van der Waals surface area (Å²) in [7, 11) is 3.27. The zero-order valence-corrected chi connectivity index (χ0v) is 9.91. The summed E-state index contributed by atoms with van der Waals surface area (Å²) in [6.45, 7) is 1.63. The Morgan fingerprint density at radius 3 is 2.31 bits per heavy atom. The van der Waals surface area contributed by atoms with E-state index in [2.05, 4.69) is 11.4 Å². The van der Waals surface area contributed by atoms with Crippen molar-refractivity contribution in [2.75, 3.05) is 14.1 Å². The van der Waals surface area contributed by atoms with Crippen LogP contribution in [0.4, 0.5) is 0 Å². The fraction of sp³-hybridized carbons (Fsp3) is 0.727. The zero-order chi connectivity index (χ0) is 12.3. The van der Waals surface area contributed by atoms with E-state index in [0.717, 1.165) is 6.42 Å². The number of amides is 2. The minimum atomic E-state index is -0.888. The summed E-state index contributed by atoms with van der Waals surface area (Å²) < 4.78 is 0. The molecule has 2 amide bonds. The second-order valence-electron chi connectivity index (χ2n) is 4.48. The van der Waals surface area contributed by atoms with Crippen LogP contribution in [-0.2, 0) is 9.59 Å². The third kappa shape index (κ3) is 2.16.